The standard InChI is InChI=1S/C21H25N3O6/c1-4-16-19(20-22-8-9-29-20)18(14-6-5-7-15(12-14)24(26)27)17(13(2)23-16)21(25)30-11-10-28-3/h5-7,12,18,23H,4,8-11H2,1-3H3. The Bertz CT molecular complexity index is 934. The number of hydrogen-bond acceptors (Lipinski definition) is 8. The zero-order valence-corrected chi connectivity index (χ0v) is 17.3. The van der Waals surface area contributed by atoms with Crippen molar-refractivity contribution in [3.05, 3.63) is 62.5 Å². The number of rotatable bonds is 8. The Morgan fingerprint density at radius 3 is 2.83 bits per heavy atom. The first-order valence-corrected chi connectivity index (χ1v) is 9.76. The maximum absolute atomic E-state index is 13.0. The number of nitro groups is 1. The lowest BCUT2D eigenvalue weighted by Crippen LogP contribution is -2.33. The fourth-order valence-corrected chi connectivity index (χ4v) is 3.64. The molecule has 0 radical (unpaired) electrons. The highest BCUT2D eigenvalue weighted by atomic mass is 16.6. The predicted octanol–water partition coefficient (Wildman–Crippen LogP) is 2.84. The molecule has 0 aliphatic carbocycles. The van der Waals surface area contributed by atoms with Gasteiger partial charge in [-0.05, 0) is 18.9 Å². The van der Waals surface area contributed by atoms with Crippen molar-refractivity contribution < 1.29 is 23.9 Å². The molecule has 0 saturated heterocycles. The fraction of sp³-hybridized carbons (Fsp3) is 0.429. The summed E-state index contributed by atoms with van der Waals surface area (Å²) in [6.45, 7) is 5.12. The SMILES string of the molecule is CCC1=C(C2=NCCO2)C(c2cccc([N+](=O)[O-])c2)C(C(=O)OCCOC)=C(C)N1. The molecule has 0 fully saturated rings. The van der Waals surface area contributed by atoms with Gasteiger partial charge < -0.3 is 19.5 Å². The van der Waals surface area contributed by atoms with E-state index in [1.165, 1.54) is 19.2 Å². The number of dihydropyridines is 1. The van der Waals surface area contributed by atoms with Crippen LogP contribution < -0.4 is 5.32 Å². The van der Waals surface area contributed by atoms with Crippen LogP contribution in [-0.2, 0) is 19.0 Å². The average Bonchev–Trinajstić information content (AvgIpc) is 3.27. The minimum absolute atomic E-state index is 0.0533. The molecule has 30 heavy (non-hydrogen) atoms. The number of benzene rings is 1. The molecule has 2 heterocycles. The van der Waals surface area contributed by atoms with Crippen LogP contribution in [0.2, 0.25) is 0 Å². The summed E-state index contributed by atoms with van der Waals surface area (Å²) >= 11 is 0. The molecule has 0 saturated carbocycles. The first-order valence-electron chi connectivity index (χ1n) is 9.76. The molecule has 0 bridgehead atoms. The van der Waals surface area contributed by atoms with E-state index in [2.05, 4.69) is 10.3 Å². The third kappa shape index (κ3) is 4.35. The van der Waals surface area contributed by atoms with Crippen molar-refractivity contribution in [3.8, 4) is 0 Å². The molecular weight excluding hydrogens is 390 g/mol. The summed E-state index contributed by atoms with van der Waals surface area (Å²) in [6, 6.07) is 6.28. The van der Waals surface area contributed by atoms with Crippen molar-refractivity contribution in [1.29, 1.82) is 0 Å². The Hall–Kier alpha value is -3.20. The number of hydrogen-bond donors (Lipinski definition) is 1. The minimum Gasteiger partial charge on any atom is -0.476 e. The number of aliphatic imine (C=N–C) groups is 1. The highest BCUT2D eigenvalue weighted by Crippen LogP contribution is 2.41. The molecule has 0 aromatic heterocycles. The highest BCUT2D eigenvalue weighted by molar-refractivity contribution is 6.02. The smallest absolute Gasteiger partial charge is 0.336 e. The van der Waals surface area contributed by atoms with Crippen molar-refractivity contribution in [3.63, 3.8) is 0 Å². The molecule has 0 amide bonds. The number of nitro benzene ring substituents is 1. The van der Waals surface area contributed by atoms with Crippen LogP contribution in [0.5, 0.6) is 0 Å². The zero-order chi connectivity index (χ0) is 21.7. The van der Waals surface area contributed by atoms with Gasteiger partial charge in [0, 0.05) is 36.2 Å². The Labute approximate surface area is 174 Å². The Balaban J connectivity index is 2.14. The third-order valence-electron chi connectivity index (χ3n) is 4.97. The van der Waals surface area contributed by atoms with E-state index < -0.39 is 16.8 Å². The molecule has 160 valence electrons. The van der Waals surface area contributed by atoms with E-state index in [0.717, 1.165) is 5.70 Å². The van der Waals surface area contributed by atoms with Gasteiger partial charge in [-0.25, -0.2) is 9.79 Å². The van der Waals surface area contributed by atoms with Gasteiger partial charge in [0.2, 0.25) is 5.90 Å². The second kappa shape index (κ2) is 9.53. The molecule has 1 aromatic carbocycles. The zero-order valence-electron chi connectivity index (χ0n) is 17.3. The molecule has 1 atom stereocenters. The molecule has 1 N–H and O–H groups in total. The average molecular weight is 415 g/mol. The molecule has 2 aliphatic heterocycles. The van der Waals surface area contributed by atoms with Gasteiger partial charge in [-0.2, -0.15) is 0 Å². The molecule has 3 rings (SSSR count). The number of methoxy groups -OCH3 is 1. The summed E-state index contributed by atoms with van der Waals surface area (Å²) in [4.78, 5) is 28.4. The van der Waals surface area contributed by atoms with Gasteiger partial charge in [-0.1, -0.05) is 19.1 Å². The topological polar surface area (TPSA) is 112 Å². The molecule has 9 heteroatoms. The number of nitrogens with one attached hydrogen (secondary N) is 1. The van der Waals surface area contributed by atoms with Crippen LogP contribution in [0.15, 0.2) is 51.8 Å². The number of carbonyl (C=O) groups is 1. The lowest BCUT2D eigenvalue weighted by molar-refractivity contribution is -0.384. The second-order valence-corrected chi connectivity index (χ2v) is 6.86. The van der Waals surface area contributed by atoms with Crippen molar-refractivity contribution in [2.75, 3.05) is 33.5 Å². The van der Waals surface area contributed by atoms with E-state index in [1.807, 2.05) is 6.92 Å². The van der Waals surface area contributed by atoms with Gasteiger partial charge in [0.1, 0.15) is 13.2 Å². The number of nitrogens with zero attached hydrogens (tertiary/aromatic N) is 2. The lowest BCUT2D eigenvalue weighted by Gasteiger charge is -2.32. The number of non-ortho nitro benzene ring substituents is 1. The first kappa shape index (κ1) is 21.5. The van der Waals surface area contributed by atoms with Crippen LogP contribution in [0.25, 0.3) is 0 Å². The Morgan fingerprint density at radius 2 is 2.20 bits per heavy atom. The molecule has 1 unspecified atom stereocenters. The molecule has 0 spiro atoms. The van der Waals surface area contributed by atoms with Crippen LogP contribution in [0, 0.1) is 10.1 Å². The summed E-state index contributed by atoms with van der Waals surface area (Å²) < 4.78 is 16.1. The normalized spacial score (nSPS) is 18.6. The van der Waals surface area contributed by atoms with Crippen LogP contribution in [0.4, 0.5) is 5.69 Å². The van der Waals surface area contributed by atoms with Crippen molar-refractivity contribution in [1.82, 2.24) is 5.32 Å². The van der Waals surface area contributed by atoms with Crippen LogP contribution in [0.3, 0.4) is 0 Å². The summed E-state index contributed by atoms with van der Waals surface area (Å²) in [5.74, 6) is -0.668. The highest BCUT2D eigenvalue weighted by Gasteiger charge is 2.38. The van der Waals surface area contributed by atoms with Gasteiger partial charge in [0.25, 0.3) is 5.69 Å². The van der Waals surface area contributed by atoms with E-state index in [4.69, 9.17) is 14.2 Å². The maximum Gasteiger partial charge on any atom is 0.336 e. The van der Waals surface area contributed by atoms with Crippen LogP contribution >= 0.6 is 0 Å². The van der Waals surface area contributed by atoms with Crippen LogP contribution in [0.1, 0.15) is 31.7 Å². The van der Waals surface area contributed by atoms with Gasteiger partial charge in [-0.15, -0.1) is 0 Å². The van der Waals surface area contributed by atoms with Gasteiger partial charge in [-0.3, -0.25) is 10.1 Å². The summed E-state index contributed by atoms with van der Waals surface area (Å²) in [5.41, 5.74) is 3.12. The molecule has 2 aliphatic rings. The van der Waals surface area contributed by atoms with Gasteiger partial charge in [0.05, 0.1) is 29.6 Å². The lowest BCUT2D eigenvalue weighted by atomic mass is 9.79. The molecular formula is C21H25N3O6. The quantitative estimate of drug-likeness (QED) is 0.301. The van der Waals surface area contributed by atoms with Gasteiger partial charge in [0.15, 0.2) is 0 Å². The van der Waals surface area contributed by atoms with E-state index in [0.29, 0.717) is 47.9 Å². The monoisotopic (exact) mass is 415 g/mol. The minimum atomic E-state index is -0.604. The van der Waals surface area contributed by atoms with Crippen molar-refractivity contribution >= 4 is 17.6 Å². The van der Waals surface area contributed by atoms with E-state index in [1.54, 1.807) is 19.1 Å². The number of ether oxygens (including phenoxy) is 3. The van der Waals surface area contributed by atoms with Gasteiger partial charge >= 0.3 is 5.97 Å². The number of allylic oxidation sites excluding steroid dienone is 2. The van der Waals surface area contributed by atoms with Crippen LogP contribution in [-0.4, -0.2) is 50.3 Å². The summed E-state index contributed by atoms with van der Waals surface area (Å²) in [5, 5.41) is 14.6. The van der Waals surface area contributed by atoms with E-state index in [9.17, 15) is 14.9 Å². The van der Waals surface area contributed by atoms with E-state index in [-0.39, 0.29) is 18.9 Å². The number of esters is 1. The predicted molar refractivity (Wildman–Crippen MR) is 110 cm³/mol. The van der Waals surface area contributed by atoms with E-state index >= 15 is 0 Å². The second-order valence-electron chi connectivity index (χ2n) is 6.86. The van der Waals surface area contributed by atoms with Crippen molar-refractivity contribution in [2.45, 2.75) is 26.2 Å². The summed E-state index contributed by atoms with van der Waals surface area (Å²) in [6.07, 6.45) is 0.645. The Morgan fingerprint density at radius 1 is 1.40 bits per heavy atom. The fourth-order valence-electron chi connectivity index (χ4n) is 3.64. The summed E-state index contributed by atoms with van der Waals surface area (Å²) in [7, 11) is 1.52. The maximum atomic E-state index is 13.0. The largest absolute Gasteiger partial charge is 0.476 e. The molecule has 1 aromatic rings. The third-order valence-corrected chi connectivity index (χ3v) is 4.97. The Kier molecular flexibility index (Phi) is 6.83. The molecule has 9 nitrogen and oxygen atoms in total. The number of carbonyl (C=O) groups excluding carboxylic acids is 1. The van der Waals surface area contributed by atoms with Crippen molar-refractivity contribution in [2.24, 2.45) is 4.99 Å². The first-order chi connectivity index (χ1) is 14.5.